The van der Waals surface area contributed by atoms with Crippen molar-refractivity contribution < 1.29 is 33.3 Å². The number of rotatable bonds is 6. The molecule has 2 N–H and O–H groups in total. The highest BCUT2D eigenvalue weighted by atomic mass is 19.1. The Bertz CT molecular complexity index is 1180. The number of halogens is 1. The SMILES string of the molecule is COc1cc([C@@H]2CC(=O)Nc3c(C(=O)O)cn(-c4ccc(F)cc4)c32)cc(OC)c1OC. The van der Waals surface area contributed by atoms with Gasteiger partial charge in [0, 0.05) is 24.2 Å². The van der Waals surface area contributed by atoms with Crippen LogP contribution in [0.3, 0.4) is 0 Å². The summed E-state index contributed by atoms with van der Waals surface area (Å²) in [4.78, 5) is 24.5. The van der Waals surface area contributed by atoms with Crippen molar-refractivity contribution >= 4 is 17.6 Å². The van der Waals surface area contributed by atoms with E-state index in [0.717, 1.165) is 0 Å². The Labute approximate surface area is 183 Å². The number of aromatic nitrogens is 1. The molecule has 2 heterocycles. The minimum atomic E-state index is -1.19. The van der Waals surface area contributed by atoms with E-state index in [0.29, 0.717) is 34.2 Å². The Balaban J connectivity index is 1.97. The number of nitrogens with zero attached hydrogens (tertiary/aromatic N) is 1. The topological polar surface area (TPSA) is 99.0 Å². The van der Waals surface area contributed by atoms with Crippen LogP contribution in [0.25, 0.3) is 5.69 Å². The summed E-state index contributed by atoms with van der Waals surface area (Å²) in [6, 6.07) is 9.14. The predicted octanol–water partition coefficient (Wildman–Crippen LogP) is 3.81. The third-order valence-electron chi connectivity index (χ3n) is 5.45. The molecule has 0 unspecified atom stereocenters. The molecule has 0 saturated carbocycles. The van der Waals surface area contributed by atoms with Crippen LogP contribution in [0.4, 0.5) is 10.1 Å². The lowest BCUT2D eigenvalue weighted by atomic mass is 9.87. The van der Waals surface area contributed by atoms with E-state index >= 15 is 0 Å². The monoisotopic (exact) mass is 440 g/mol. The van der Waals surface area contributed by atoms with Crippen LogP contribution in [-0.4, -0.2) is 42.9 Å². The zero-order valence-electron chi connectivity index (χ0n) is 17.6. The van der Waals surface area contributed by atoms with Crippen molar-refractivity contribution in [3.63, 3.8) is 0 Å². The molecule has 1 aliphatic rings. The second-order valence-electron chi connectivity index (χ2n) is 7.22. The molecule has 3 aromatic rings. The van der Waals surface area contributed by atoms with Crippen molar-refractivity contribution in [2.45, 2.75) is 12.3 Å². The third-order valence-corrected chi connectivity index (χ3v) is 5.45. The number of benzene rings is 2. The van der Waals surface area contributed by atoms with Gasteiger partial charge >= 0.3 is 5.97 Å². The molecule has 0 aliphatic carbocycles. The summed E-state index contributed by atoms with van der Waals surface area (Å²) >= 11 is 0. The molecule has 0 fully saturated rings. The summed E-state index contributed by atoms with van der Waals surface area (Å²) in [5.74, 6) is -1.23. The maximum atomic E-state index is 13.5. The lowest BCUT2D eigenvalue weighted by Crippen LogP contribution is -2.25. The Kier molecular flexibility index (Phi) is 5.48. The Morgan fingerprint density at radius 2 is 1.72 bits per heavy atom. The number of methoxy groups -OCH3 is 3. The van der Waals surface area contributed by atoms with Gasteiger partial charge in [-0.05, 0) is 42.0 Å². The molecular weight excluding hydrogens is 419 g/mol. The predicted molar refractivity (Wildman–Crippen MR) is 114 cm³/mol. The molecular formula is C23H21FN2O6. The molecule has 0 spiro atoms. The number of fused-ring (bicyclic) bond motifs is 1. The van der Waals surface area contributed by atoms with Gasteiger partial charge in [0.2, 0.25) is 11.7 Å². The molecule has 0 radical (unpaired) electrons. The zero-order valence-corrected chi connectivity index (χ0v) is 17.6. The van der Waals surface area contributed by atoms with Crippen LogP contribution < -0.4 is 19.5 Å². The molecule has 4 rings (SSSR count). The van der Waals surface area contributed by atoms with E-state index in [1.54, 1.807) is 28.8 Å². The van der Waals surface area contributed by atoms with Gasteiger partial charge in [0.15, 0.2) is 11.5 Å². The van der Waals surface area contributed by atoms with Crippen LogP contribution in [0, 0.1) is 5.82 Å². The van der Waals surface area contributed by atoms with E-state index in [1.165, 1.54) is 39.7 Å². The summed E-state index contributed by atoms with van der Waals surface area (Å²) in [7, 11) is 4.47. The third kappa shape index (κ3) is 3.51. The molecule has 1 aromatic heterocycles. The number of carbonyl (C=O) groups excluding carboxylic acids is 1. The molecule has 1 atom stereocenters. The van der Waals surface area contributed by atoms with Crippen molar-refractivity contribution in [1.82, 2.24) is 4.57 Å². The maximum absolute atomic E-state index is 13.5. The fourth-order valence-corrected chi connectivity index (χ4v) is 4.02. The lowest BCUT2D eigenvalue weighted by molar-refractivity contribution is -0.116. The summed E-state index contributed by atoms with van der Waals surface area (Å²) in [6.07, 6.45) is 1.49. The molecule has 0 saturated heterocycles. The van der Waals surface area contributed by atoms with Crippen molar-refractivity contribution in [1.29, 1.82) is 0 Å². The first kappa shape index (κ1) is 21.2. The zero-order chi connectivity index (χ0) is 23.0. The normalized spacial score (nSPS) is 15.0. The van der Waals surface area contributed by atoms with Gasteiger partial charge < -0.3 is 29.2 Å². The Hall–Kier alpha value is -4.01. The largest absolute Gasteiger partial charge is 0.493 e. The molecule has 1 aliphatic heterocycles. The van der Waals surface area contributed by atoms with Gasteiger partial charge in [-0.2, -0.15) is 0 Å². The Morgan fingerprint density at radius 3 is 2.25 bits per heavy atom. The molecule has 8 nitrogen and oxygen atoms in total. The molecule has 32 heavy (non-hydrogen) atoms. The van der Waals surface area contributed by atoms with Crippen molar-refractivity contribution in [2.75, 3.05) is 26.6 Å². The molecule has 1 amide bonds. The summed E-state index contributed by atoms with van der Waals surface area (Å²) in [5, 5.41) is 12.4. The van der Waals surface area contributed by atoms with E-state index in [9.17, 15) is 19.1 Å². The summed E-state index contributed by atoms with van der Waals surface area (Å²) in [5.41, 5.74) is 1.94. The van der Waals surface area contributed by atoms with Crippen molar-refractivity contribution in [2.24, 2.45) is 0 Å². The minimum absolute atomic E-state index is 0.0604. The fourth-order valence-electron chi connectivity index (χ4n) is 4.02. The Morgan fingerprint density at radius 1 is 1.09 bits per heavy atom. The first-order valence-electron chi connectivity index (χ1n) is 9.72. The second-order valence-corrected chi connectivity index (χ2v) is 7.22. The van der Waals surface area contributed by atoms with E-state index in [2.05, 4.69) is 5.32 Å². The van der Waals surface area contributed by atoms with Crippen LogP contribution in [0.15, 0.2) is 42.6 Å². The molecule has 2 aromatic carbocycles. The number of amides is 1. The van der Waals surface area contributed by atoms with Gasteiger partial charge in [-0.15, -0.1) is 0 Å². The minimum Gasteiger partial charge on any atom is -0.493 e. The van der Waals surface area contributed by atoms with E-state index in [4.69, 9.17) is 14.2 Å². The molecule has 0 bridgehead atoms. The van der Waals surface area contributed by atoms with Crippen molar-refractivity contribution in [3.05, 3.63) is 65.2 Å². The first-order chi connectivity index (χ1) is 15.4. The summed E-state index contributed by atoms with van der Waals surface area (Å²) < 4.78 is 31.4. The van der Waals surface area contributed by atoms with E-state index in [1.807, 2.05) is 0 Å². The fraction of sp³-hybridized carbons (Fsp3) is 0.217. The van der Waals surface area contributed by atoms with E-state index < -0.39 is 17.7 Å². The molecule has 166 valence electrons. The van der Waals surface area contributed by atoms with Gasteiger partial charge in [-0.1, -0.05) is 0 Å². The lowest BCUT2D eigenvalue weighted by Gasteiger charge is -2.27. The number of hydrogen-bond acceptors (Lipinski definition) is 5. The highest BCUT2D eigenvalue weighted by Crippen LogP contribution is 2.46. The quantitative estimate of drug-likeness (QED) is 0.605. The summed E-state index contributed by atoms with van der Waals surface area (Å²) in [6.45, 7) is 0. The van der Waals surface area contributed by atoms with Crippen LogP contribution in [0.5, 0.6) is 17.2 Å². The number of aromatic carboxylic acids is 1. The average Bonchev–Trinajstić information content (AvgIpc) is 3.17. The van der Waals surface area contributed by atoms with Crippen LogP contribution >= 0.6 is 0 Å². The number of anilines is 1. The van der Waals surface area contributed by atoms with E-state index in [-0.39, 0.29) is 23.6 Å². The number of nitrogens with one attached hydrogen (secondary N) is 1. The van der Waals surface area contributed by atoms with Crippen molar-refractivity contribution in [3.8, 4) is 22.9 Å². The van der Waals surface area contributed by atoms with Gasteiger partial charge in [-0.3, -0.25) is 4.79 Å². The van der Waals surface area contributed by atoms with Gasteiger partial charge in [-0.25, -0.2) is 9.18 Å². The maximum Gasteiger partial charge on any atom is 0.339 e. The van der Waals surface area contributed by atoms with Gasteiger partial charge in [0.1, 0.15) is 11.4 Å². The standard InChI is InChI=1S/C23H21FN2O6/c1-30-17-8-12(9-18(31-2)22(17)32-3)15-10-19(27)25-20-16(23(28)29)11-26(21(15)20)14-6-4-13(24)5-7-14/h4-9,11,15H,10H2,1-3H3,(H,25,27)(H,28,29)/t15-/m0/s1. The number of hydrogen-bond donors (Lipinski definition) is 2. The highest BCUT2D eigenvalue weighted by Gasteiger charge is 2.35. The van der Waals surface area contributed by atoms with Crippen LogP contribution in [0.1, 0.15) is 34.0 Å². The van der Waals surface area contributed by atoms with Gasteiger partial charge in [0.05, 0.1) is 32.7 Å². The first-order valence-corrected chi connectivity index (χ1v) is 9.72. The molecule has 9 heteroatoms. The van der Waals surface area contributed by atoms with Crippen LogP contribution in [0.2, 0.25) is 0 Å². The number of ether oxygens (including phenoxy) is 3. The number of carboxylic acids is 1. The average molecular weight is 440 g/mol. The number of carboxylic acid groups (broad SMARTS) is 1. The smallest absolute Gasteiger partial charge is 0.339 e. The van der Waals surface area contributed by atoms with Crippen LogP contribution in [-0.2, 0) is 4.79 Å². The van der Waals surface area contributed by atoms with Gasteiger partial charge in [0.25, 0.3) is 0 Å². The number of carbonyl (C=O) groups is 2. The highest BCUT2D eigenvalue weighted by molar-refractivity contribution is 6.04. The second kappa shape index (κ2) is 8.26.